The number of nitrogens with one attached hydrogen (secondary N) is 1. The second kappa shape index (κ2) is 5.57. The Balaban J connectivity index is 2.34. The first-order valence-electron chi connectivity index (χ1n) is 4.62. The van der Waals surface area contributed by atoms with Crippen LogP contribution in [0.5, 0.6) is 0 Å². The minimum Gasteiger partial charge on any atom is -0.479 e. The summed E-state index contributed by atoms with van der Waals surface area (Å²) in [5, 5.41) is 20.6. The van der Waals surface area contributed by atoms with Crippen molar-refractivity contribution >= 4 is 23.2 Å². The van der Waals surface area contributed by atoms with E-state index in [1.165, 1.54) is 17.5 Å². The Kier molecular flexibility index (Phi) is 4.39. The molecule has 1 atom stereocenters. The SMILES string of the molecule is Cc1ncc(C(=O)NCC[C@H](O)C(=O)O)s1. The third-order valence-electron chi connectivity index (χ3n) is 1.83. The number of nitrogens with zero attached hydrogens (tertiary/aromatic N) is 1. The monoisotopic (exact) mass is 244 g/mol. The number of carboxylic acid groups (broad SMARTS) is 1. The van der Waals surface area contributed by atoms with Crippen molar-refractivity contribution in [3.8, 4) is 0 Å². The minimum absolute atomic E-state index is 0.0150. The summed E-state index contributed by atoms with van der Waals surface area (Å²) in [4.78, 5) is 26.1. The maximum Gasteiger partial charge on any atom is 0.332 e. The predicted octanol–water partition coefficient (Wildman–Crippen LogP) is 0.0169. The number of amides is 1. The zero-order valence-electron chi connectivity index (χ0n) is 8.64. The number of rotatable bonds is 5. The molecule has 6 nitrogen and oxygen atoms in total. The Morgan fingerprint density at radius 2 is 2.31 bits per heavy atom. The molecule has 0 unspecified atom stereocenters. The van der Waals surface area contributed by atoms with E-state index in [0.717, 1.165) is 5.01 Å². The van der Waals surface area contributed by atoms with Gasteiger partial charge in [-0.15, -0.1) is 11.3 Å². The first-order valence-corrected chi connectivity index (χ1v) is 5.44. The molecule has 3 N–H and O–H groups in total. The van der Waals surface area contributed by atoms with Crippen LogP contribution >= 0.6 is 11.3 Å². The van der Waals surface area contributed by atoms with Crippen molar-refractivity contribution in [3.05, 3.63) is 16.1 Å². The Morgan fingerprint density at radius 3 is 2.81 bits per heavy atom. The second-order valence-electron chi connectivity index (χ2n) is 3.14. The van der Waals surface area contributed by atoms with Crippen LogP contribution in [0.25, 0.3) is 0 Å². The van der Waals surface area contributed by atoms with Gasteiger partial charge in [-0.3, -0.25) is 4.79 Å². The molecule has 1 rings (SSSR count). The molecule has 0 saturated carbocycles. The highest BCUT2D eigenvalue weighted by Gasteiger charge is 2.14. The second-order valence-corrected chi connectivity index (χ2v) is 4.38. The Labute approximate surface area is 95.9 Å². The van der Waals surface area contributed by atoms with E-state index in [0.29, 0.717) is 4.88 Å². The highest BCUT2D eigenvalue weighted by molar-refractivity contribution is 7.13. The van der Waals surface area contributed by atoms with Crippen LogP contribution in [0.4, 0.5) is 0 Å². The Morgan fingerprint density at radius 1 is 1.62 bits per heavy atom. The van der Waals surface area contributed by atoms with Gasteiger partial charge in [0.25, 0.3) is 5.91 Å². The Bertz CT molecular complexity index is 391. The lowest BCUT2D eigenvalue weighted by atomic mass is 10.2. The zero-order valence-corrected chi connectivity index (χ0v) is 9.45. The lowest BCUT2D eigenvalue weighted by Gasteiger charge is -2.05. The van der Waals surface area contributed by atoms with Crippen molar-refractivity contribution in [1.82, 2.24) is 10.3 Å². The van der Waals surface area contributed by atoms with Crippen molar-refractivity contribution in [1.29, 1.82) is 0 Å². The molecule has 0 aliphatic heterocycles. The minimum atomic E-state index is -1.44. The van der Waals surface area contributed by atoms with Crippen LogP contribution in [0.1, 0.15) is 21.1 Å². The fourth-order valence-electron chi connectivity index (χ4n) is 0.999. The first kappa shape index (κ1) is 12.6. The van der Waals surface area contributed by atoms with Crippen molar-refractivity contribution in [3.63, 3.8) is 0 Å². The fraction of sp³-hybridized carbons (Fsp3) is 0.444. The maximum atomic E-state index is 11.4. The van der Waals surface area contributed by atoms with Gasteiger partial charge in [0.15, 0.2) is 6.10 Å². The average Bonchev–Trinajstić information content (AvgIpc) is 2.64. The van der Waals surface area contributed by atoms with Gasteiger partial charge in [0.05, 0.1) is 11.2 Å². The number of carbonyl (C=O) groups is 2. The van der Waals surface area contributed by atoms with Gasteiger partial charge in [-0.05, 0) is 6.92 Å². The van der Waals surface area contributed by atoms with Gasteiger partial charge in [-0.1, -0.05) is 0 Å². The maximum absolute atomic E-state index is 11.4. The van der Waals surface area contributed by atoms with Crippen LogP contribution in [0.2, 0.25) is 0 Å². The summed E-state index contributed by atoms with van der Waals surface area (Å²) in [5.41, 5.74) is 0. The van der Waals surface area contributed by atoms with Gasteiger partial charge in [0, 0.05) is 13.0 Å². The summed E-state index contributed by atoms with van der Waals surface area (Å²) in [6, 6.07) is 0. The lowest BCUT2D eigenvalue weighted by molar-refractivity contribution is -0.146. The topological polar surface area (TPSA) is 99.5 Å². The summed E-state index contributed by atoms with van der Waals surface area (Å²) in [6.07, 6.45) is 0.00504. The van der Waals surface area contributed by atoms with Crippen molar-refractivity contribution in [2.45, 2.75) is 19.4 Å². The summed E-state index contributed by atoms with van der Waals surface area (Å²) >= 11 is 1.26. The summed E-state index contributed by atoms with van der Waals surface area (Å²) in [6.45, 7) is 1.90. The molecule has 0 bridgehead atoms. The molecule has 0 aliphatic rings. The fourth-order valence-corrected chi connectivity index (χ4v) is 1.69. The molecule has 16 heavy (non-hydrogen) atoms. The summed E-state index contributed by atoms with van der Waals surface area (Å²) in [7, 11) is 0. The molecule has 1 amide bonds. The number of thiazole rings is 1. The Hall–Kier alpha value is -1.47. The molecular formula is C9H12N2O4S. The highest BCUT2D eigenvalue weighted by atomic mass is 32.1. The van der Waals surface area contributed by atoms with E-state index in [1.807, 2.05) is 0 Å². The van der Waals surface area contributed by atoms with Crippen LogP contribution in [0, 0.1) is 6.92 Å². The molecule has 1 aromatic heterocycles. The number of aromatic nitrogens is 1. The van der Waals surface area contributed by atoms with Crippen molar-refractivity contribution in [2.75, 3.05) is 6.54 Å². The quantitative estimate of drug-likeness (QED) is 0.678. The van der Waals surface area contributed by atoms with E-state index in [9.17, 15) is 9.59 Å². The summed E-state index contributed by atoms with van der Waals surface area (Å²) in [5.74, 6) is -1.59. The number of aryl methyl sites for hydroxylation is 1. The molecule has 0 saturated heterocycles. The third-order valence-corrected chi connectivity index (χ3v) is 2.74. The predicted molar refractivity (Wildman–Crippen MR) is 57.4 cm³/mol. The van der Waals surface area contributed by atoms with Gasteiger partial charge < -0.3 is 15.5 Å². The van der Waals surface area contributed by atoms with Gasteiger partial charge in [-0.25, -0.2) is 9.78 Å². The highest BCUT2D eigenvalue weighted by Crippen LogP contribution is 2.10. The molecule has 7 heteroatoms. The molecule has 0 radical (unpaired) electrons. The van der Waals surface area contributed by atoms with E-state index in [4.69, 9.17) is 10.2 Å². The van der Waals surface area contributed by atoms with Gasteiger partial charge in [-0.2, -0.15) is 0 Å². The molecule has 0 aliphatic carbocycles. The van der Waals surface area contributed by atoms with E-state index >= 15 is 0 Å². The van der Waals surface area contributed by atoms with Crippen LogP contribution in [-0.2, 0) is 4.79 Å². The van der Waals surface area contributed by atoms with E-state index in [-0.39, 0.29) is 18.9 Å². The number of aliphatic hydroxyl groups is 1. The lowest BCUT2D eigenvalue weighted by Crippen LogP contribution is -2.29. The number of hydrogen-bond acceptors (Lipinski definition) is 5. The molecule has 88 valence electrons. The molecule has 1 aromatic rings. The van der Waals surface area contributed by atoms with Crippen LogP contribution in [0.15, 0.2) is 6.20 Å². The molecule has 0 spiro atoms. The standard InChI is InChI=1S/C9H12N2O4S/c1-5-11-4-7(16-5)8(13)10-3-2-6(12)9(14)15/h4,6,12H,2-3H2,1H3,(H,10,13)(H,14,15)/t6-/m0/s1. The number of hydrogen-bond donors (Lipinski definition) is 3. The first-order chi connectivity index (χ1) is 7.50. The van der Waals surface area contributed by atoms with Gasteiger partial charge >= 0.3 is 5.97 Å². The third kappa shape index (κ3) is 3.59. The van der Waals surface area contributed by atoms with Crippen molar-refractivity contribution in [2.24, 2.45) is 0 Å². The van der Waals surface area contributed by atoms with E-state index in [2.05, 4.69) is 10.3 Å². The summed E-state index contributed by atoms with van der Waals surface area (Å²) < 4.78 is 0. The zero-order chi connectivity index (χ0) is 12.1. The van der Waals surface area contributed by atoms with Gasteiger partial charge in [0.1, 0.15) is 4.88 Å². The normalized spacial score (nSPS) is 12.1. The number of carbonyl (C=O) groups excluding carboxylic acids is 1. The van der Waals surface area contributed by atoms with E-state index < -0.39 is 12.1 Å². The number of carboxylic acids is 1. The van der Waals surface area contributed by atoms with Crippen LogP contribution in [0.3, 0.4) is 0 Å². The molecule has 0 fully saturated rings. The van der Waals surface area contributed by atoms with Gasteiger partial charge in [0.2, 0.25) is 0 Å². The smallest absolute Gasteiger partial charge is 0.332 e. The molecule has 0 aromatic carbocycles. The average molecular weight is 244 g/mol. The van der Waals surface area contributed by atoms with Crippen molar-refractivity contribution < 1.29 is 19.8 Å². The van der Waals surface area contributed by atoms with Crippen LogP contribution < -0.4 is 5.32 Å². The van der Waals surface area contributed by atoms with Crippen LogP contribution in [-0.4, -0.2) is 39.7 Å². The number of aliphatic carboxylic acids is 1. The largest absolute Gasteiger partial charge is 0.479 e. The molecule has 1 heterocycles. The number of aliphatic hydroxyl groups excluding tert-OH is 1. The van der Waals surface area contributed by atoms with E-state index in [1.54, 1.807) is 6.92 Å². The molecular weight excluding hydrogens is 232 g/mol.